The predicted octanol–water partition coefficient (Wildman–Crippen LogP) is 2.35. The summed E-state index contributed by atoms with van der Waals surface area (Å²) in [4.78, 5) is 25.2. The summed E-state index contributed by atoms with van der Waals surface area (Å²) in [5.74, 6) is 0.794. The molecule has 2 aromatic carbocycles. The number of amides is 2. The lowest BCUT2D eigenvalue weighted by Gasteiger charge is -2.15. The SMILES string of the molecule is O=C(COc1cccc2ccccc12)NCCCN1CCCC1=O. The van der Waals surface area contributed by atoms with Gasteiger partial charge >= 0.3 is 0 Å². The lowest BCUT2D eigenvalue weighted by molar-refractivity contribution is -0.127. The van der Waals surface area contributed by atoms with Gasteiger partial charge in [0.1, 0.15) is 5.75 Å². The maximum absolute atomic E-state index is 11.9. The number of carbonyl (C=O) groups excluding carboxylic acids is 2. The van der Waals surface area contributed by atoms with Crippen molar-refractivity contribution in [2.24, 2.45) is 0 Å². The topological polar surface area (TPSA) is 58.6 Å². The largest absolute Gasteiger partial charge is 0.483 e. The highest BCUT2D eigenvalue weighted by Gasteiger charge is 2.19. The Morgan fingerprint density at radius 2 is 2.00 bits per heavy atom. The second-order valence-electron chi connectivity index (χ2n) is 5.95. The van der Waals surface area contributed by atoms with Crippen LogP contribution in [0.15, 0.2) is 42.5 Å². The Hall–Kier alpha value is -2.56. The zero-order valence-corrected chi connectivity index (χ0v) is 13.7. The molecule has 0 spiro atoms. The standard InChI is InChI=1S/C19H22N2O3/c22-18(20-11-5-13-21-12-4-10-19(21)23)14-24-17-9-3-7-15-6-1-2-8-16(15)17/h1-3,6-9H,4-5,10-14H2,(H,20,22). The summed E-state index contributed by atoms with van der Waals surface area (Å²) < 4.78 is 5.65. The first-order valence-corrected chi connectivity index (χ1v) is 8.39. The first-order chi connectivity index (χ1) is 11.7. The Bertz CT molecular complexity index is 724. The molecule has 2 aromatic rings. The number of hydrogen-bond donors (Lipinski definition) is 1. The van der Waals surface area contributed by atoms with Crippen LogP contribution in [0.5, 0.6) is 5.75 Å². The summed E-state index contributed by atoms with van der Waals surface area (Å²) in [5, 5.41) is 4.93. The highest BCUT2D eigenvalue weighted by Crippen LogP contribution is 2.24. The van der Waals surface area contributed by atoms with Gasteiger partial charge in [-0.25, -0.2) is 0 Å². The molecular weight excluding hydrogens is 304 g/mol. The van der Waals surface area contributed by atoms with E-state index in [0.717, 1.165) is 30.2 Å². The predicted molar refractivity (Wildman–Crippen MR) is 92.9 cm³/mol. The summed E-state index contributed by atoms with van der Waals surface area (Å²) in [6, 6.07) is 13.7. The van der Waals surface area contributed by atoms with Crippen LogP contribution in [0.2, 0.25) is 0 Å². The molecule has 126 valence electrons. The van der Waals surface area contributed by atoms with Crippen molar-refractivity contribution in [1.82, 2.24) is 10.2 Å². The first-order valence-electron chi connectivity index (χ1n) is 8.39. The molecule has 1 saturated heterocycles. The van der Waals surface area contributed by atoms with Gasteiger partial charge in [0.2, 0.25) is 5.91 Å². The average Bonchev–Trinajstić information content (AvgIpc) is 3.02. The van der Waals surface area contributed by atoms with E-state index in [4.69, 9.17) is 4.74 Å². The fraction of sp³-hybridized carbons (Fsp3) is 0.368. The molecule has 24 heavy (non-hydrogen) atoms. The summed E-state index contributed by atoms with van der Waals surface area (Å²) in [6.07, 6.45) is 2.38. The van der Waals surface area contributed by atoms with Crippen LogP contribution in [-0.2, 0) is 9.59 Å². The summed E-state index contributed by atoms with van der Waals surface area (Å²) in [7, 11) is 0. The van der Waals surface area contributed by atoms with E-state index in [-0.39, 0.29) is 18.4 Å². The van der Waals surface area contributed by atoms with Crippen molar-refractivity contribution < 1.29 is 14.3 Å². The van der Waals surface area contributed by atoms with Crippen LogP contribution in [0.25, 0.3) is 10.8 Å². The normalized spacial score (nSPS) is 14.2. The number of nitrogens with zero attached hydrogens (tertiary/aromatic N) is 1. The smallest absolute Gasteiger partial charge is 0.257 e. The second kappa shape index (κ2) is 7.81. The molecule has 5 nitrogen and oxygen atoms in total. The fourth-order valence-corrected chi connectivity index (χ4v) is 2.95. The zero-order chi connectivity index (χ0) is 16.8. The molecule has 0 radical (unpaired) electrons. The number of nitrogens with one attached hydrogen (secondary N) is 1. The van der Waals surface area contributed by atoms with Crippen LogP contribution >= 0.6 is 0 Å². The van der Waals surface area contributed by atoms with Crippen LogP contribution in [0.1, 0.15) is 19.3 Å². The van der Waals surface area contributed by atoms with Gasteiger partial charge in [-0.1, -0.05) is 36.4 Å². The van der Waals surface area contributed by atoms with E-state index >= 15 is 0 Å². The van der Waals surface area contributed by atoms with Crippen molar-refractivity contribution in [3.63, 3.8) is 0 Å². The third kappa shape index (κ3) is 4.04. The highest BCUT2D eigenvalue weighted by atomic mass is 16.5. The van der Waals surface area contributed by atoms with Crippen LogP contribution in [0, 0.1) is 0 Å². The number of hydrogen-bond acceptors (Lipinski definition) is 3. The van der Waals surface area contributed by atoms with Gasteiger partial charge in [-0.05, 0) is 24.3 Å². The molecule has 0 aromatic heterocycles. The van der Waals surface area contributed by atoms with Crippen molar-refractivity contribution >= 4 is 22.6 Å². The second-order valence-corrected chi connectivity index (χ2v) is 5.95. The lowest BCUT2D eigenvalue weighted by atomic mass is 10.1. The van der Waals surface area contributed by atoms with Gasteiger partial charge in [-0.15, -0.1) is 0 Å². The van der Waals surface area contributed by atoms with Gasteiger partial charge < -0.3 is 15.0 Å². The minimum absolute atomic E-state index is 0.00332. The Kier molecular flexibility index (Phi) is 5.31. The molecule has 0 bridgehead atoms. The van der Waals surface area contributed by atoms with E-state index in [9.17, 15) is 9.59 Å². The van der Waals surface area contributed by atoms with Crippen LogP contribution < -0.4 is 10.1 Å². The number of rotatable bonds is 7. The number of benzene rings is 2. The molecule has 0 saturated carbocycles. The van der Waals surface area contributed by atoms with Crippen molar-refractivity contribution in [3.05, 3.63) is 42.5 Å². The Morgan fingerprint density at radius 1 is 1.17 bits per heavy atom. The molecule has 0 atom stereocenters. The average molecular weight is 326 g/mol. The molecule has 0 unspecified atom stereocenters. The third-order valence-electron chi connectivity index (χ3n) is 4.21. The number of likely N-dealkylation sites (tertiary alicyclic amines) is 1. The lowest BCUT2D eigenvalue weighted by Crippen LogP contribution is -2.33. The maximum Gasteiger partial charge on any atom is 0.257 e. The van der Waals surface area contributed by atoms with E-state index < -0.39 is 0 Å². The maximum atomic E-state index is 11.9. The molecular formula is C19H22N2O3. The number of fused-ring (bicyclic) bond motifs is 1. The third-order valence-corrected chi connectivity index (χ3v) is 4.21. The monoisotopic (exact) mass is 326 g/mol. The molecule has 2 amide bonds. The molecule has 5 heteroatoms. The van der Waals surface area contributed by atoms with Crippen molar-refractivity contribution in [2.75, 3.05) is 26.2 Å². The Labute approximate surface area is 141 Å². The van der Waals surface area contributed by atoms with Crippen LogP contribution in [0.3, 0.4) is 0 Å². The molecule has 3 rings (SSSR count). The van der Waals surface area contributed by atoms with E-state index in [2.05, 4.69) is 5.32 Å². The van der Waals surface area contributed by atoms with Gasteiger partial charge in [-0.3, -0.25) is 9.59 Å². The number of carbonyl (C=O) groups is 2. The van der Waals surface area contributed by atoms with Gasteiger partial charge in [0.05, 0.1) is 0 Å². The quantitative estimate of drug-likeness (QED) is 0.795. The molecule has 1 heterocycles. The van der Waals surface area contributed by atoms with E-state index in [1.807, 2.05) is 47.4 Å². The van der Waals surface area contributed by atoms with E-state index in [1.165, 1.54) is 0 Å². The Balaban J connectivity index is 1.41. The van der Waals surface area contributed by atoms with Crippen molar-refractivity contribution in [3.8, 4) is 5.75 Å². The van der Waals surface area contributed by atoms with Gasteiger partial charge in [0, 0.05) is 31.4 Å². The minimum atomic E-state index is -0.143. The van der Waals surface area contributed by atoms with Crippen LogP contribution in [0.4, 0.5) is 0 Å². The van der Waals surface area contributed by atoms with Gasteiger partial charge in [-0.2, -0.15) is 0 Å². The summed E-state index contributed by atoms with van der Waals surface area (Å²) >= 11 is 0. The number of ether oxygens (including phenoxy) is 1. The molecule has 1 N–H and O–H groups in total. The van der Waals surface area contributed by atoms with Gasteiger partial charge in [0.25, 0.3) is 5.91 Å². The first kappa shape index (κ1) is 16.3. The summed E-state index contributed by atoms with van der Waals surface area (Å²) in [5.41, 5.74) is 0. The molecule has 0 aliphatic carbocycles. The fourth-order valence-electron chi connectivity index (χ4n) is 2.95. The molecule has 1 aliphatic rings. The van der Waals surface area contributed by atoms with Crippen molar-refractivity contribution in [1.29, 1.82) is 0 Å². The zero-order valence-electron chi connectivity index (χ0n) is 13.7. The van der Waals surface area contributed by atoms with E-state index in [0.29, 0.717) is 25.3 Å². The summed E-state index contributed by atoms with van der Waals surface area (Å²) in [6.45, 7) is 2.11. The van der Waals surface area contributed by atoms with E-state index in [1.54, 1.807) is 0 Å². The van der Waals surface area contributed by atoms with Gasteiger partial charge in [0.15, 0.2) is 6.61 Å². The van der Waals surface area contributed by atoms with Crippen LogP contribution in [-0.4, -0.2) is 43.0 Å². The molecule has 1 aliphatic heterocycles. The highest BCUT2D eigenvalue weighted by molar-refractivity contribution is 5.88. The minimum Gasteiger partial charge on any atom is -0.483 e. The van der Waals surface area contributed by atoms with Crippen molar-refractivity contribution in [2.45, 2.75) is 19.3 Å². The molecule has 1 fully saturated rings. The Morgan fingerprint density at radius 3 is 2.83 bits per heavy atom.